The zero-order valence-electron chi connectivity index (χ0n) is 8.58. The monoisotopic (exact) mass is 189 g/mol. The number of hydrogen-bond acceptors (Lipinski definition) is 1. The second-order valence-electron chi connectivity index (χ2n) is 4.41. The molecule has 14 heavy (non-hydrogen) atoms. The highest BCUT2D eigenvalue weighted by Gasteiger charge is 2.39. The third-order valence-electron chi connectivity index (χ3n) is 3.11. The first-order valence-corrected chi connectivity index (χ1v) is 4.95. The zero-order valence-corrected chi connectivity index (χ0v) is 8.58. The van der Waals surface area contributed by atoms with Crippen LogP contribution in [-0.2, 0) is 10.2 Å². The minimum absolute atomic E-state index is 0.0369. The van der Waals surface area contributed by atoms with E-state index in [1.807, 2.05) is 18.2 Å². The van der Waals surface area contributed by atoms with Crippen molar-refractivity contribution in [3.8, 4) is 0 Å². The molecule has 0 saturated carbocycles. The Morgan fingerprint density at radius 2 is 1.86 bits per heavy atom. The molecule has 1 saturated heterocycles. The Morgan fingerprint density at radius 1 is 1.29 bits per heavy atom. The van der Waals surface area contributed by atoms with Crippen molar-refractivity contribution < 1.29 is 4.79 Å². The molecule has 0 bridgehead atoms. The molecule has 1 aliphatic heterocycles. The van der Waals surface area contributed by atoms with Gasteiger partial charge in [0, 0.05) is 17.9 Å². The fourth-order valence-corrected chi connectivity index (χ4v) is 1.86. The minimum atomic E-state index is 0.0369. The molecule has 0 radical (unpaired) electrons. The largest absolute Gasteiger partial charge is 0.352 e. The summed E-state index contributed by atoms with van der Waals surface area (Å²) in [7, 11) is 0. The molecular formula is C12H15NO. The van der Waals surface area contributed by atoms with Crippen LogP contribution >= 0.6 is 0 Å². The van der Waals surface area contributed by atoms with Gasteiger partial charge in [0.1, 0.15) is 0 Å². The summed E-state index contributed by atoms with van der Waals surface area (Å²) in [4.78, 5) is 10.9. The molecule has 1 atom stereocenters. The number of benzene rings is 1. The molecule has 1 heterocycles. The molecule has 0 spiro atoms. The maximum absolute atomic E-state index is 10.9. The number of amides is 1. The van der Waals surface area contributed by atoms with Gasteiger partial charge in [-0.3, -0.25) is 4.79 Å². The molecule has 1 aliphatic rings. The Labute approximate surface area is 84.3 Å². The van der Waals surface area contributed by atoms with E-state index >= 15 is 0 Å². The average molecular weight is 189 g/mol. The van der Waals surface area contributed by atoms with Crippen molar-refractivity contribution in [1.29, 1.82) is 0 Å². The molecule has 1 fully saturated rings. The van der Waals surface area contributed by atoms with Crippen LogP contribution in [-0.4, -0.2) is 11.9 Å². The normalized spacial score (nSPS) is 21.3. The lowest BCUT2D eigenvalue weighted by Crippen LogP contribution is -2.57. The lowest BCUT2D eigenvalue weighted by Gasteiger charge is -2.40. The Kier molecular flexibility index (Phi) is 2.06. The van der Waals surface area contributed by atoms with Gasteiger partial charge in [0.25, 0.3) is 0 Å². The second kappa shape index (κ2) is 3.12. The van der Waals surface area contributed by atoms with Gasteiger partial charge in [-0.1, -0.05) is 44.2 Å². The van der Waals surface area contributed by atoms with Gasteiger partial charge in [-0.05, 0) is 5.56 Å². The van der Waals surface area contributed by atoms with E-state index in [0.717, 1.165) is 0 Å². The first kappa shape index (κ1) is 9.25. The Bertz CT molecular complexity index is 335. The van der Waals surface area contributed by atoms with Crippen LogP contribution in [0.5, 0.6) is 0 Å². The standard InChI is InChI=1S/C12H15NO/c1-12(2,10-8-11(14)13-10)9-6-4-3-5-7-9/h3-7,10H,8H2,1-2H3,(H,13,14). The van der Waals surface area contributed by atoms with Gasteiger partial charge >= 0.3 is 0 Å². The Hall–Kier alpha value is -1.31. The van der Waals surface area contributed by atoms with E-state index in [9.17, 15) is 4.79 Å². The summed E-state index contributed by atoms with van der Waals surface area (Å²) >= 11 is 0. The molecule has 2 rings (SSSR count). The van der Waals surface area contributed by atoms with E-state index in [-0.39, 0.29) is 17.4 Å². The maximum atomic E-state index is 10.9. The first-order chi connectivity index (χ1) is 6.60. The number of hydrogen-bond donors (Lipinski definition) is 1. The predicted octanol–water partition coefficient (Wildman–Crippen LogP) is 1.85. The van der Waals surface area contributed by atoms with Gasteiger partial charge in [-0.25, -0.2) is 0 Å². The van der Waals surface area contributed by atoms with Crippen molar-refractivity contribution in [2.45, 2.75) is 31.7 Å². The molecule has 1 aromatic rings. The fraction of sp³-hybridized carbons (Fsp3) is 0.417. The summed E-state index contributed by atoms with van der Waals surface area (Å²) in [5.41, 5.74) is 1.32. The average Bonchev–Trinajstić information content (AvgIpc) is 2.14. The van der Waals surface area contributed by atoms with Crippen molar-refractivity contribution in [3.63, 3.8) is 0 Å². The van der Waals surface area contributed by atoms with E-state index in [0.29, 0.717) is 6.42 Å². The number of nitrogens with one attached hydrogen (secondary N) is 1. The highest BCUT2D eigenvalue weighted by Crippen LogP contribution is 2.31. The third kappa shape index (κ3) is 1.41. The molecule has 74 valence electrons. The highest BCUT2D eigenvalue weighted by atomic mass is 16.2. The Morgan fingerprint density at radius 3 is 2.36 bits per heavy atom. The summed E-state index contributed by atoms with van der Waals surface area (Å²) in [6.07, 6.45) is 0.655. The van der Waals surface area contributed by atoms with E-state index in [2.05, 4.69) is 31.3 Å². The highest BCUT2D eigenvalue weighted by molar-refractivity contribution is 5.83. The summed E-state index contributed by atoms with van der Waals surface area (Å²) in [6.45, 7) is 4.35. The van der Waals surface area contributed by atoms with Crippen molar-refractivity contribution in [1.82, 2.24) is 5.32 Å². The summed E-state index contributed by atoms with van der Waals surface area (Å²) in [6, 6.07) is 10.6. The minimum Gasteiger partial charge on any atom is -0.352 e. The Balaban J connectivity index is 2.20. The van der Waals surface area contributed by atoms with Crippen molar-refractivity contribution >= 4 is 5.91 Å². The van der Waals surface area contributed by atoms with Crippen molar-refractivity contribution in [3.05, 3.63) is 35.9 Å². The van der Waals surface area contributed by atoms with Gasteiger partial charge in [0.2, 0.25) is 5.91 Å². The lowest BCUT2D eigenvalue weighted by molar-refractivity contribution is -0.129. The van der Waals surface area contributed by atoms with Crippen LogP contribution in [0.4, 0.5) is 0 Å². The molecule has 2 nitrogen and oxygen atoms in total. The smallest absolute Gasteiger partial charge is 0.222 e. The van der Waals surface area contributed by atoms with Crippen LogP contribution in [0.15, 0.2) is 30.3 Å². The number of carbonyl (C=O) groups excluding carboxylic acids is 1. The lowest BCUT2D eigenvalue weighted by atomic mass is 9.73. The van der Waals surface area contributed by atoms with Crippen molar-refractivity contribution in [2.75, 3.05) is 0 Å². The summed E-state index contributed by atoms with van der Waals surface area (Å²) < 4.78 is 0. The van der Waals surface area contributed by atoms with E-state index < -0.39 is 0 Å². The van der Waals surface area contributed by atoms with Gasteiger partial charge in [0.05, 0.1) is 0 Å². The second-order valence-corrected chi connectivity index (χ2v) is 4.41. The van der Waals surface area contributed by atoms with Crippen LogP contribution in [0.25, 0.3) is 0 Å². The SMILES string of the molecule is CC(C)(c1ccccc1)C1CC(=O)N1. The maximum Gasteiger partial charge on any atom is 0.222 e. The third-order valence-corrected chi connectivity index (χ3v) is 3.11. The molecule has 1 unspecified atom stereocenters. The summed E-state index contributed by atoms with van der Waals surface area (Å²) in [5.74, 6) is 0.166. The molecule has 0 aromatic heterocycles. The topological polar surface area (TPSA) is 29.1 Å². The zero-order chi connectivity index (χ0) is 10.2. The van der Waals surface area contributed by atoms with Crippen molar-refractivity contribution in [2.24, 2.45) is 0 Å². The number of rotatable bonds is 2. The van der Waals surface area contributed by atoms with Crippen LogP contribution in [0.2, 0.25) is 0 Å². The molecule has 0 aliphatic carbocycles. The molecule has 2 heteroatoms. The number of β-lactam (4-membered cyclic amide) rings is 1. The molecule has 1 amide bonds. The van der Waals surface area contributed by atoms with Crippen LogP contribution in [0.1, 0.15) is 25.8 Å². The first-order valence-electron chi connectivity index (χ1n) is 4.95. The van der Waals surface area contributed by atoms with E-state index in [1.165, 1.54) is 5.56 Å². The predicted molar refractivity (Wildman–Crippen MR) is 56.0 cm³/mol. The quantitative estimate of drug-likeness (QED) is 0.707. The van der Waals surface area contributed by atoms with Crippen LogP contribution in [0.3, 0.4) is 0 Å². The number of carbonyl (C=O) groups is 1. The van der Waals surface area contributed by atoms with Gasteiger partial charge in [-0.2, -0.15) is 0 Å². The summed E-state index contributed by atoms with van der Waals surface area (Å²) in [5, 5.41) is 2.94. The molecular weight excluding hydrogens is 174 g/mol. The van der Waals surface area contributed by atoms with Gasteiger partial charge < -0.3 is 5.32 Å². The van der Waals surface area contributed by atoms with Gasteiger partial charge in [0.15, 0.2) is 0 Å². The fourth-order valence-electron chi connectivity index (χ4n) is 1.86. The van der Waals surface area contributed by atoms with E-state index in [4.69, 9.17) is 0 Å². The van der Waals surface area contributed by atoms with Crippen LogP contribution in [0, 0.1) is 0 Å². The molecule has 1 aromatic carbocycles. The van der Waals surface area contributed by atoms with E-state index in [1.54, 1.807) is 0 Å². The van der Waals surface area contributed by atoms with Gasteiger partial charge in [-0.15, -0.1) is 0 Å². The molecule has 1 N–H and O–H groups in total. The van der Waals surface area contributed by atoms with Crippen LogP contribution < -0.4 is 5.32 Å².